The number of amides is 1. The van der Waals surface area contributed by atoms with Crippen molar-refractivity contribution in [1.82, 2.24) is 14.6 Å². The number of carboxylic acid groups (broad SMARTS) is 1. The predicted molar refractivity (Wildman–Crippen MR) is 160 cm³/mol. The van der Waals surface area contributed by atoms with Crippen molar-refractivity contribution >= 4 is 27.7 Å². The second kappa shape index (κ2) is 15.0. The van der Waals surface area contributed by atoms with Gasteiger partial charge in [0.05, 0.1) is 11.0 Å². The molecule has 2 N–H and O–H groups in total. The minimum Gasteiger partial charge on any atom is -0.480 e. The Balaban J connectivity index is 1.28. The van der Waals surface area contributed by atoms with Gasteiger partial charge in [-0.05, 0) is 61.6 Å². The first-order valence-electron chi connectivity index (χ1n) is 14.4. The van der Waals surface area contributed by atoms with E-state index in [4.69, 9.17) is 4.74 Å². The van der Waals surface area contributed by atoms with E-state index in [-0.39, 0.29) is 23.8 Å². The largest absolute Gasteiger partial charge is 0.480 e. The normalized spacial score (nSPS) is 17.8. The molecule has 0 aliphatic carbocycles. The number of rotatable bonds is 15. The van der Waals surface area contributed by atoms with E-state index < -0.39 is 40.1 Å². The molecule has 1 aliphatic rings. The molecule has 1 aromatic heterocycles. The van der Waals surface area contributed by atoms with Gasteiger partial charge in [-0.1, -0.05) is 55.0 Å². The monoisotopic (exact) mass is 607 g/mol. The molecule has 0 saturated carbocycles. The zero-order valence-electron chi connectivity index (χ0n) is 24.1. The number of sulfonamides is 1. The molecule has 4 rings (SSSR count). The van der Waals surface area contributed by atoms with Crippen LogP contribution in [0.3, 0.4) is 0 Å². The molecular formula is C32H37N3O7S. The van der Waals surface area contributed by atoms with E-state index >= 15 is 0 Å². The van der Waals surface area contributed by atoms with Crippen LogP contribution in [0.4, 0.5) is 0 Å². The molecule has 1 saturated heterocycles. The summed E-state index contributed by atoms with van der Waals surface area (Å²) in [5, 5.41) is 12.3. The number of pyridine rings is 1. The maximum absolute atomic E-state index is 13.2. The number of aryl methyl sites for hydroxylation is 1. The number of carboxylic acids is 1. The Morgan fingerprint density at radius 1 is 0.977 bits per heavy atom. The van der Waals surface area contributed by atoms with Crippen LogP contribution >= 0.6 is 0 Å². The lowest BCUT2D eigenvalue weighted by Gasteiger charge is -2.25. The van der Waals surface area contributed by atoms with E-state index in [0.29, 0.717) is 18.4 Å². The predicted octanol–water partition coefficient (Wildman–Crippen LogP) is 3.54. The molecule has 43 heavy (non-hydrogen) atoms. The number of nitrogens with one attached hydrogen (secondary N) is 1. The third-order valence-electron chi connectivity index (χ3n) is 7.43. The second-order valence-electron chi connectivity index (χ2n) is 10.7. The number of ketones is 1. The quantitative estimate of drug-likeness (QED) is 0.250. The number of ether oxygens (including phenoxy) is 1. The Kier molecular flexibility index (Phi) is 11.2. The highest BCUT2D eigenvalue weighted by molar-refractivity contribution is 7.89. The lowest BCUT2D eigenvalue weighted by atomic mass is 10.00. The van der Waals surface area contributed by atoms with Crippen molar-refractivity contribution in [2.45, 2.75) is 75.0 Å². The SMILES string of the molecule is CC1OCN(S(=O)(=O)c2ccccc2)[C@@H]1C(=O)N[C@@H](Cc1ccc(CC(=O)CCCCCc2ccccn2)cc1)C(=O)O. The molecule has 1 unspecified atom stereocenters. The van der Waals surface area contributed by atoms with Gasteiger partial charge >= 0.3 is 5.97 Å². The van der Waals surface area contributed by atoms with Gasteiger partial charge in [0.2, 0.25) is 15.9 Å². The Labute approximate surface area is 252 Å². The highest BCUT2D eigenvalue weighted by Crippen LogP contribution is 2.26. The number of aromatic nitrogens is 1. The minimum absolute atomic E-state index is 0.0134. The zero-order chi connectivity index (χ0) is 30.8. The van der Waals surface area contributed by atoms with E-state index in [0.717, 1.165) is 41.2 Å². The minimum atomic E-state index is -4.05. The van der Waals surface area contributed by atoms with Crippen molar-refractivity contribution < 1.29 is 32.6 Å². The van der Waals surface area contributed by atoms with E-state index in [1.54, 1.807) is 55.6 Å². The molecule has 1 amide bonds. The molecule has 0 radical (unpaired) electrons. The summed E-state index contributed by atoms with van der Waals surface area (Å²) in [5.41, 5.74) is 2.54. The molecule has 1 fully saturated rings. The summed E-state index contributed by atoms with van der Waals surface area (Å²) in [5.74, 6) is -1.86. The molecule has 3 aromatic rings. The number of aliphatic carboxylic acids is 1. The van der Waals surface area contributed by atoms with Gasteiger partial charge in [-0.25, -0.2) is 13.2 Å². The maximum atomic E-state index is 13.2. The Hall–Kier alpha value is -3.93. The highest BCUT2D eigenvalue weighted by atomic mass is 32.2. The van der Waals surface area contributed by atoms with Crippen molar-refractivity contribution in [2.75, 3.05) is 6.73 Å². The average Bonchev–Trinajstić information content (AvgIpc) is 3.40. The highest BCUT2D eigenvalue weighted by Gasteiger charge is 2.45. The van der Waals surface area contributed by atoms with Crippen molar-refractivity contribution in [3.63, 3.8) is 0 Å². The van der Waals surface area contributed by atoms with Gasteiger partial charge in [0.25, 0.3) is 0 Å². The summed E-state index contributed by atoms with van der Waals surface area (Å²) < 4.78 is 32.8. The molecule has 228 valence electrons. The van der Waals surface area contributed by atoms with E-state index in [1.807, 2.05) is 18.2 Å². The molecule has 2 heterocycles. The Bertz CT molecular complexity index is 1480. The van der Waals surface area contributed by atoms with Gasteiger partial charge in [0.15, 0.2) is 0 Å². The van der Waals surface area contributed by atoms with Crippen LogP contribution in [0.25, 0.3) is 0 Å². The van der Waals surface area contributed by atoms with Gasteiger partial charge in [-0.2, -0.15) is 4.31 Å². The number of carbonyl (C=O) groups is 3. The zero-order valence-corrected chi connectivity index (χ0v) is 24.9. The van der Waals surface area contributed by atoms with Crippen LogP contribution in [0.1, 0.15) is 49.4 Å². The van der Waals surface area contributed by atoms with Crippen LogP contribution in [-0.2, 0) is 48.4 Å². The fraction of sp³-hybridized carbons (Fsp3) is 0.375. The van der Waals surface area contributed by atoms with Crippen molar-refractivity contribution in [2.24, 2.45) is 0 Å². The molecule has 0 spiro atoms. The van der Waals surface area contributed by atoms with Crippen LogP contribution in [0.15, 0.2) is 83.9 Å². The van der Waals surface area contributed by atoms with E-state index in [1.165, 1.54) is 12.1 Å². The van der Waals surface area contributed by atoms with Crippen LogP contribution in [-0.4, -0.2) is 65.4 Å². The second-order valence-corrected chi connectivity index (χ2v) is 12.6. The molecule has 10 nitrogen and oxygen atoms in total. The fourth-order valence-corrected chi connectivity index (χ4v) is 6.58. The van der Waals surface area contributed by atoms with Gasteiger partial charge in [-0.15, -0.1) is 0 Å². The third kappa shape index (κ3) is 8.79. The van der Waals surface area contributed by atoms with Gasteiger partial charge < -0.3 is 15.2 Å². The Morgan fingerprint density at radius 2 is 1.67 bits per heavy atom. The fourth-order valence-electron chi connectivity index (χ4n) is 5.04. The van der Waals surface area contributed by atoms with Gasteiger partial charge in [-0.3, -0.25) is 14.6 Å². The first-order chi connectivity index (χ1) is 20.6. The molecule has 2 aromatic carbocycles. The lowest BCUT2D eigenvalue weighted by Crippen LogP contribution is -2.54. The number of benzene rings is 2. The lowest BCUT2D eigenvalue weighted by molar-refractivity contribution is -0.142. The number of carbonyl (C=O) groups excluding carboxylic acids is 2. The summed E-state index contributed by atoms with van der Waals surface area (Å²) in [4.78, 5) is 42.1. The third-order valence-corrected chi connectivity index (χ3v) is 9.25. The van der Waals surface area contributed by atoms with Crippen LogP contribution in [0, 0.1) is 0 Å². The number of hydrogen-bond acceptors (Lipinski definition) is 7. The number of nitrogens with zero attached hydrogens (tertiary/aromatic N) is 2. The van der Waals surface area contributed by atoms with Crippen LogP contribution < -0.4 is 5.32 Å². The van der Waals surface area contributed by atoms with Gasteiger partial charge in [0.1, 0.15) is 24.6 Å². The summed E-state index contributed by atoms with van der Waals surface area (Å²) in [7, 11) is -4.05. The summed E-state index contributed by atoms with van der Waals surface area (Å²) in [6, 6.07) is 18.1. The number of hydrogen-bond donors (Lipinski definition) is 2. The molecule has 11 heteroatoms. The van der Waals surface area contributed by atoms with Gasteiger partial charge in [0, 0.05) is 31.2 Å². The van der Waals surface area contributed by atoms with Crippen molar-refractivity contribution in [3.05, 3.63) is 95.8 Å². The number of Topliss-reactive ketones (excluding diaryl/α,β-unsaturated/α-hetero) is 1. The summed E-state index contributed by atoms with van der Waals surface area (Å²) in [6.45, 7) is 1.25. The van der Waals surface area contributed by atoms with Crippen LogP contribution in [0.2, 0.25) is 0 Å². The Morgan fingerprint density at radius 3 is 2.35 bits per heavy atom. The van der Waals surface area contributed by atoms with Crippen LogP contribution in [0.5, 0.6) is 0 Å². The molecule has 0 bridgehead atoms. The molecular weight excluding hydrogens is 570 g/mol. The van der Waals surface area contributed by atoms with E-state index in [9.17, 15) is 27.9 Å². The first-order valence-corrected chi connectivity index (χ1v) is 15.8. The average molecular weight is 608 g/mol. The topological polar surface area (TPSA) is 143 Å². The first kappa shape index (κ1) is 32.0. The smallest absolute Gasteiger partial charge is 0.326 e. The summed E-state index contributed by atoms with van der Waals surface area (Å²) >= 11 is 0. The standard InChI is InChI=1S/C32H37N3O7S/c1-23-30(35(22-42-23)43(40,41)28-13-6-3-7-14-28)31(37)34-29(32(38)39)21-25-17-15-24(16-18-25)20-27(36)12-5-2-4-10-26-11-8-9-19-33-26/h3,6-9,11,13-19,23,29-30H,2,4-5,10,12,20-22H2,1H3,(H,34,37)(H,38,39)/t23?,29-,30-/m0/s1. The van der Waals surface area contributed by atoms with E-state index in [2.05, 4.69) is 10.3 Å². The molecule has 1 aliphatic heterocycles. The van der Waals surface area contributed by atoms with Crippen molar-refractivity contribution in [3.8, 4) is 0 Å². The molecule has 3 atom stereocenters. The van der Waals surface area contributed by atoms with Crippen molar-refractivity contribution in [1.29, 1.82) is 0 Å². The summed E-state index contributed by atoms with van der Waals surface area (Å²) in [6.07, 6.45) is 5.43. The number of unbranched alkanes of at least 4 members (excludes halogenated alkanes) is 2. The maximum Gasteiger partial charge on any atom is 0.326 e.